The highest BCUT2D eigenvalue weighted by atomic mass is 32.1. The molecule has 68 valence electrons. The minimum absolute atomic E-state index is 0.728. The van der Waals surface area contributed by atoms with E-state index in [9.17, 15) is 0 Å². The van der Waals surface area contributed by atoms with Crippen LogP contribution in [0.25, 0.3) is 0 Å². The lowest BCUT2D eigenvalue weighted by molar-refractivity contribution is 0.345. The molecular formula is C9H11N3S. The van der Waals surface area contributed by atoms with Crippen LogP contribution >= 0.6 is 12.2 Å². The van der Waals surface area contributed by atoms with Crippen molar-refractivity contribution < 1.29 is 0 Å². The summed E-state index contributed by atoms with van der Waals surface area (Å²) in [4.78, 5) is 0. The Hall–Kier alpha value is -1.13. The van der Waals surface area contributed by atoms with E-state index in [-0.39, 0.29) is 0 Å². The van der Waals surface area contributed by atoms with E-state index in [0.29, 0.717) is 0 Å². The van der Waals surface area contributed by atoms with Crippen LogP contribution in [0.1, 0.15) is 5.56 Å². The molecule has 0 aromatic heterocycles. The van der Waals surface area contributed by atoms with E-state index in [1.165, 1.54) is 5.56 Å². The summed E-state index contributed by atoms with van der Waals surface area (Å²) in [5.74, 6) is 0. The van der Waals surface area contributed by atoms with Gasteiger partial charge in [-0.25, -0.2) is 5.43 Å². The van der Waals surface area contributed by atoms with Crippen LogP contribution in [0.4, 0.5) is 0 Å². The Morgan fingerprint density at radius 1 is 1.31 bits per heavy atom. The minimum Gasteiger partial charge on any atom is -0.347 e. The summed E-state index contributed by atoms with van der Waals surface area (Å²) in [6.07, 6.45) is 0. The molecule has 0 spiro atoms. The molecular weight excluding hydrogens is 182 g/mol. The lowest BCUT2D eigenvalue weighted by Gasteiger charge is -2.15. The standard InChI is InChI=1S/C9H11N3S/c13-9-10-7-11-12(9)6-8-4-2-1-3-5-8/h1-5,11H,6-7H2,(H,10,13). The van der Waals surface area contributed by atoms with Crippen LogP contribution in [-0.2, 0) is 6.54 Å². The molecule has 1 aliphatic rings. The summed E-state index contributed by atoms with van der Waals surface area (Å²) in [6, 6.07) is 10.2. The van der Waals surface area contributed by atoms with Gasteiger partial charge in [0.2, 0.25) is 0 Å². The first-order valence-electron chi connectivity index (χ1n) is 4.19. The van der Waals surface area contributed by atoms with Gasteiger partial charge in [0, 0.05) is 0 Å². The van der Waals surface area contributed by atoms with Gasteiger partial charge < -0.3 is 5.32 Å². The van der Waals surface area contributed by atoms with Crippen molar-refractivity contribution in [3.05, 3.63) is 35.9 Å². The van der Waals surface area contributed by atoms with Gasteiger partial charge in [0.25, 0.3) is 0 Å². The monoisotopic (exact) mass is 193 g/mol. The van der Waals surface area contributed by atoms with Gasteiger partial charge in [-0.05, 0) is 17.8 Å². The number of hydrazine groups is 1. The predicted octanol–water partition coefficient (Wildman–Crippen LogP) is 0.839. The fraction of sp³-hybridized carbons (Fsp3) is 0.222. The zero-order valence-corrected chi connectivity index (χ0v) is 7.97. The zero-order valence-electron chi connectivity index (χ0n) is 7.16. The fourth-order valence-corrected chi connectivity index (χ4v) is 1.47. The molecule has 1 aromatic rings. The summed E-state index contributed by atoms with van der Waals surface area (Å²) in [7, 11) is 0. The van der Waals surface area contributed by atoms with E-state index < -0.39 is 0 Å². The quantitative estimate of drug-likeness (QED) is 0.681. The van der Waals surface area contributed by atoms with Crippen LogP contribution in [0.3, 0.4) is 0 Å². The maximum absolute atomic E-state index is 5.09. The topological polar surface area (TPSA) is 27.3 Å². The van der Waals surface area contributed by atoms with Gasteiger partial charge >= 0.3 is 0 Å². The molecule has 0 radical (unpaired) electrons. The third-order valence-corrected chi connectivity index (χ3v) is 2.30. The van der Waals surface area contributed by atoms with Gasteiger partial charge in [-0.3, -0.25) is 5.01 Å². The van der Waals surface area contributed by atoms with Crippen LogP contribution in [0.15, 0.2) is 30.3 Å². The highest BCUT2D eigenvalue weighted by molar-refractivity contribution is 7.80. The number of benzene rings is 1. The number of hydrogen-bond donors (Lipinski definition) is 2. The zero-order chi connectivity index (χ0) is 9.10. The van der Waals surface area contributed by atoms with Gasteiger partial charge in [-0.2, -0.15) is 0 Å². The van der Waals surface area contributed by atoms with E-state index >= 15 is 0 Å². The van der Waals surface area contributed by atoms with Crippen molar-refractivity contribution in [2.45, 2.75) is 6.54 Å². The smallest absolute Gasteiger partial charge is 0.184 e. The highest BCUT2D eigenvalue weighted by Gasteiger charge is 2.14. The van der Waals surface area contributed by atoms with Crippen LogP contribution in [0.2, 0.25) is 0 Å². The molecule has 0 unspecified atom stereocenters. The summed E-state index contributed by atoms with van der Waals surface area (Å²) in [5.41, 5.74) is 4.39. The van der Waals surface area contributed by atoms with Crippen molar-refractivity contribution in [2.24, 2.45) is 0 Å². The maximum Gasteiger partial charge on any atom is 0.184 e. The first kappa shape index (κ1) is 8.47. The second-order valence-electron chi connectivity index (χ2n) is 2.89. The Kier molecular flexibility index (Phi) is 2.42. The Bertz CT molecular complexity index is 299. The molecule has 0 amide bonds. The number of nitrogens with one attached hydrogen (secondary N) is 2. The predicted molar refractivity (Wildman–Crippen MR) is 55.7 cm³/mol. The Morgan fingerprint density at radius 3 is 2.69 bits per heavy atom. The van der Waals surface area contributed by atoms with Crippen molar-refractivity contribution in [3.8, 4) is 0 Å². The molecule has 4 heteroatoms. The first-order chi connectivity index (χ1) is 6.36. The molecule has 1 fully saturated rings. The molecule has 0 saturated carbocycles. The van der Waals surface area contributed by atoms with Gasteiger partial charge in [0.15, 0.2) is 5.11 Å². The van der Waals surface area contributed by atoms with E-state index in [1.54, 1.807) is 0 Å². The van der Waals surface area contributed by atoms with E-state index in [0.717, 1.165) is 18.3 Å². The summed E-state index contributed by atoms with van der Waals surface area (Å²) >= 11 is 5.09. The molecule has 1 aromatic carbocycles. The van der Waals surface area contributed by atoms with E-state index in [4.69, 9.17) is 12.2 Å². The molecule has 2 N–H and O–H groups in total. The van der Waals surface area contributed by atoms with Crippen molar-refractivity contribution in [2.75, 3.05) is 6.67 Å². The Labute approximate surface area is 82.7 Å². The van der Waals surface area contributed by atoms with Gasteiger partial charge in [0.1, 0.15) is 0 Å². The Balaban J connectivity index is 2.02. The summed E-state index contributed by atoms with van der Waals surface area (Å²) in [5, 5.41) is 5.74. The van der Waals surface area contributed by atoms with Gasteiger partial charge in [-0.15, -0.1) is 0 Å². The van der Waals surface area contributed by atoms with Gasteiger partial charge in [0.05, 0.1) is 13.2 Å². The molecule has 1 saturated heterocycles. The average Bonchev–Trinajstić information content (AvgIpc) is 2.54. The molecule has 0 atom stereocenters. The van der Waals surface area contributed by atoms with E-state index in [2.05, 4.69) is 22.9 Å². The molecule has 13 heavy (non-hydrogen) atoms. The van der Waals surface area contributed by atoms with Crippen LogP contribution in [-0.4, -0.2) is 16.8 Å². The molecule has 2 rings (SSSR count). The maximum atomic E-state index is 5.09. The molecule has 3 nitrogen and oxygen atoms in total. The van der Waals surface area contributed by atoms with Crippen molar-refractivity contribution >= 4 is 17.3 Å². The average molecular weight is 193 g/mol. The summed E-state index contributed by atoms with van der Waals surface area (Å²) in [6.45, 7) is 1.54. The molecule has 0 bridgehead atoms. The van der Waals surface area contributed by atoms with E-state index in [1.807, 2.05) is 23.2 Å². The third kappa shape index (κ3) is 1.96. The van der Waals surface area contributed by atoms with Crippen LogP contribution in [0.5, 0.6) is 0 Å². The van der Waals surface area contributed by atoms with Gasteiger partial charge in [-0.1, -0.05) is 30.3 Å². The van der Waals surface area contributed by atoms with Crippen molar-refractivity contribution in [1.29, 1.82) is 0 Å². The van der Waals surface area contributed by atoms with Crippen LogP contribution < -0.4 is 10.7 Å². The second kappa shape index (κ2) is 3.72. The lowest BCUT2D eigenvalue weighted by atomic mass is 10.2. The number of hydrogen-bond acceptors (Lipinski definition) is 2. The second-order valence-corrected chi connectivity index (χ2v) is 3.28. The van der Waals surface area contributed by atoms with Crippen molar-refractivity contribution in [3.63, 3.8) is 0 Å². The number of nitrogens with zero attached hydrogens (tertiary/aromatic N) is 1. The number of thiocarbonyl (C=S) groups is 1. The number of rotatable bonds is 2. The van der Waals surface area contributed by atoms with Crippen molar-refractivity contribution in [1.82, 2.24) is 15.8 Å². The minimum atomic E-state index is 0.728. The molecule has 0 aliphatic carbocycles. The highest BCUT2D eigenvalue weighted by Crippen LogP contribution is 2.03. The Morgan fingerprint density at radius 2 is 2.08 bits per heavy atom. The summed E-state index contributed by atoms with van der Waals surface area (Å²) < 4.78 is 0. The van der Waals surface area contributed by atoms with Crippen LogP contribution in [0, 0.1) is 0 Å². The largest absolute Gasteiger partial charge is 0.347 e. The lowest BCUT2D eigenvalue weighted by Crippen LogP contribution is -2.33. The normalized spacial score (nSPS) is 16.0. The molecule has 1 heterocycles. The SMILES string of the molecule is S=C1NCNN1Cc1ccccc1. The molecule has 1 aliphatic heterocycles. The first-order valence-corrected chi connectivity index (χ1v) is 4.60. The third-order valence-electron chi connectivity index (χ3n) is 1.94. The fourth-order valence-electron chi connectivity index (χ4n) is 1.27.